The average molecular weight is 282 g/mol. The van der Waals surface area contributed by atoms with Crippen molar-refractivity contribution in [3.8, 4) is 6.07 Å². The van der Waals surface area contributed by atoms with Gasteiger partial charge in [-0.25, -0.2) is 4.98 Å². The van der Waals surface area contributed by atoms with E-state index >= 15 is 0 Å². The summed E-state index contributed by atoms with van der Waals surface area (Å²) in [4.78, 5) is 10.6. The summed E-state index contributed by atoms with van der Waals surface area (Å²) < 4.78 is 0. The van der Waals surface area contributed by atoms with Crippen molar-refractivity contribution in [3.05, 3.63) is 53.5 Å². The number of nitriles is 1. The molecule has 0 bridgehead atoms. The fourth-order valence-electron chi connectivity index (χ4n) is 2.20. The second kappa shape index (κ2) is 7.36. The summed E-state index contributed by atoms with van der Waals surface area (Å²) in [6.45, 7) is 3.21. The molecule has 0 aliphatic carbocycles. The highest BCUT2D eigenvalue weighted by atomic mass is 16.3. The van der Waals surface area contributed by atoms with E-state index in [9.17, 15) is 0 Å². The first-order chi connectivity index (χ1) is 10.2. The smallest absolute Gasteiger partial charge is 0.131 e. The number of aromatic nitrogens is 2. The molecule has 0 aliphatic heterocycles. The van der Waals surface area contributed by atoms with Crippen LogP contribution in [0.4, 0.5) is 5.82 Å². The third-order valence-electron chi connectivity index (χ3n) is 3.18. The molecule has 0 unspecified atom stereocenters. The van der Waals surface area contributed by atoms with Crippen LogP contribution >= 0.6 is 0 Å². The Morgan fingerprint density at radius 1 is 1.33 bits per heavy atom. The minimum Gasteiger partial charge on any atom is -0.392 e. The topological polar surface area (TPSA) is 73.0 Å². The molecule has 108 valence electrons. The normalized spacial score (nSPS) is 10.1. The van der Waals surface area contributed by atoms with Crippen LogP contribution in [0.5, 0.6) is 0 Å². The zero-order chi connectivity index (χ0) is 15.1. The number of rotatable bonds is 6. The third-order valence-corrected chi connectivity index (χ3v) is 3.18. The summed E-state index contributed by atoms with van der Waals surface area (Å²) in [5.41, 5.74) is 2.85. The zero-order valence-electron chi connectivity index (χ0n) is 12.0. The molecular weight excluding hydrogens is 264 g/mol. The molecule has 2 rings (SSSR count). The summed E-state index contributed by atoms with van der Waals surface area (Å²) in [7, 11) is 0. The van der Waals surface area contributed by atoms with Crippen LogP contribution in [0, 0.1) is 18.3 Å². The van der Waals surface area contributed by atoms with E-state index in [0.29, 0.717) is 19.5 Å². The Bertz CT molecular complexity index is 622. The fourth-order valence-corrected chi connectivity index (χ4v) is 2.20. The second-order valence-electron chi connectivity index (χ2n) is 4.83. The van der Waals surface area contributed by atoms with Gasteiger partial charge in [-0.1, -0.05) is 6.07 Å². The number of pyridine rings is 2. The van der Waals surface area contributed by atoms with E-state index in [2.05, 4.69) is 20.9 Å². The molecule has 2 aromatic heterocycles. The maximum absolute atomic E-state index is 9.16. The molecule has 0 aliphatic rings. The van der Waals surface area contributed by atoms with Crippen molar-refractivity contribution in [2.45, 2.75) is 26.5 Å². The van der Waals surface area contributed by atoms with Crippen LogP contribution in [0.15, 0.2) is 36.8 Å². The highest BCUT2D eigenvalue weighted by molar-refractivity contribution is 5.48. The maximum atomic E-state index is 9.16. The van der Waals surface area contributed by atoms with E-state index in [1.165, 1.54) is 0 Å². The lowest BCUT2D eigenvalue weighted by molar-refractivity contribution is 0.281. The Balaban J connectivity index is 2.25. The van der Waals surface area contributed by atoms with Crippen LogP contribution < -0.4 is 4.90 Å². The first-order valence-corrected chi connectivity index (χ1v) is 6.81. The van der Waals surface area contributed by atoms with E-state index in [1.54, 1.807) is 12.4 Å². The van der Waals surface area contributed by atoms with Gasteiger partial charge in [-0.05, 0) is 35.7 Å². The molecule has 0 atom stereocenters. The predicted octanol–water partition coefficient (Wildman–Crippen LogP) is 2.20. The lowest BCUT2D eigenvalue weighted by atomic mass is 10.2. The van der Waals surface area contributed by atoms with Crippen molar-refractivity contribution < 1.29 is 5.11 Å². The van der Waals surface area contributed by atoms with E-state index < -0.39 is 0 Å². The Kier molecular flexibility index (Phi) is 5.24. The minimum atomic E-state index is -0.0189. The quantitative estimate of drug-likeness (QED) is 0.879. The SMILES string of the molecule is Cc1cc(CO)cnc1N(CCC#N)Cc1cccnc1. The highest BCUT2D eigenvalue weighted by Gasteiger charge is 2.12. The van der Waals surface area contributed by atoms with Gasteiger partial charge in [0.15, 0.2) is 0 Å². The summed E-state index contributed by atoms with van der Waals surface area (Å²) in [5.74, 6) is 0.839. The van der Waals surface area contributed by atoms with Gasteiger partial charge in [0, 0.05) is 31.7 Å². The molecule has 0 saturated carbocycles. The van der Waals surface area contributed by atoms with Crippen molar-refractivity contribution in [3.63, 3.8) is 0 Å². The van der Waals surface area contributed by atoms with Gasteiger partial charge in [0.25, 0.3) is 0 Å². The van der Waals surface area contributed by atoms with Crippen molar-refractivity contribution in [2.24, 2.45) is 0 Å². The Morgan fingerprint density at radius 3 is 2.81 bits per heavy atom. The number of hydrogen-bond donors (Lipinski definition) is 1. The third kappa shape index (κ3) is 4.01. The lowest BCUT2D eigenvalue weighted by Gasteiger charge is -2.24. The molecule has 1 N–H and O–H groups in total. The van der Waals surface area contributed by atoms with Gasteiger partial charge in [-0.3, -0.25) is 4.98 Å². The summed E-state index contributed by atoms with van der Waals surface area (Å²) >= 11 is 0. The molecular formula is C16H18N4O. The molecule has 5 heteroatoms. The van der Waals surface area contributed by atoms with Gasteiger partial charge in [-0.15, -0.1) is 0 Å². The van der Waals surface area contributed by atoms with E-state index in [-0.39, 0.29) is 6.61 Å². The minimum absolute atomic E-state index is 0.0189. The van der Waals surface area contributed by atoms with Crippen LogP contribution in [-0.4, -0.2) is 21.6 Å². The van der Waals surface area contributed by atoms with Crippen molar-refractivity contribution >= 4 is 5.82 Å². The number of aryl methyl sites for hydroxylation is 1. The lowest BCUT2D eigenvalue weighted by Crippen LogP contribution is -2.25. The van der Waals surface area contributed by atoms with Crippen molar-refractivity contribution in [2.75, 3.05) is 11.4 Å². The molecule has 0 fully saturated rings. The average Bonchev–Trinajstić information content (AvgIpc) is 2.52. The molecule has 2 aromatic rings. The van der Waals surface area contributed by atoms with E-state index in [1.807, 2.05) is 31.3 Å². The molecule has 0 amide bonds. The van der Waals surface area contributed by atoms with Gasteiger partial charge < -0.3 is 10.0 Å². The predicted molar refractivity (Wildman–Crippen MR) is 80.4 cm³/mol. The van der Waals surface area contributed by atoms with Crippen molar-refractivity contribution in [1.82, 2.24) is 9.97 Å². The summed E-state index contributed by atoms with van der Waals surface area (Å²) in [6, 6.07) is 7.99. The van der Waals surface area contributed by atoms with Gasteiger partial charge >= 0.3 is 0 Å². The largest absolute Gasteiger partial charge is 0.392 e. The molecule has 0 radical (unpaired) electrons. The zero-order valence-corrected chi connectivity index (χ0v) is 12.0. The molecule has 21 heavy (non-hydrogen) atoms. The highest BCUT2D eigenvalue weighted by Crippen LogP contribution is 2.20. The standard InChI is InChI=1S/C16H18N4O/c1-13-8-15(12-21)10-19-16(13)20(7-3-5-17)11-14-4-2-6-18-9-14/h2,4,6,8-10,21H,3,7,11-12H2,1H3. The fraction of sp³-hybridized carbons (Fsp3) is 0.312. The summed E-state index contributed by atoms with van der Waals surface area (Å²) in [5, 5.41) is 18.0. The Morgan fingerprint density at radius 2 is 2.19 bits per heavy atom. The van der Waals surface area contributed by atoms with Crippen LogP contribution in [-0.2, 0) is 13.2 Å². The monoisotopic (exact) mass is 282 g/mol. The molecule has 5 nitrogen and oxygen atoms in total. The second-order valence-corrected chi connectivity index (χ2v) is 4.83. The van der Waals surface area contributed by atoms with Gasteiger partial charge in [-0.2, -0.15) is 5.26 Å². The molecule has 0 aromatic carbocycles. The molecule has 0 spiro atoms. The maximum Gasteiger partial charge on any atom is 0.131 e. The Labute approximate surface area is 124 Å². The van der Waals surface area contributed by atoms with Crippen LogP contribution in [0.2, 0.25) is 0 Å². The number of nitrogens with zero attached hydrogens (tertiary/aromatic N) is 4. The van der Waals surface area contributed by atoms with E-state index in [0.717, 1.165) is 22.5 Å². The van der Waals surface area contributed by atoms with E-state index in [4.69, 9.17) is 10.4 Å². The first kappa shape index (κ1) is 14.9. The van der Waals surface area contributed by atoms with Crippen LogP contribution in [0.1, 0.15) is 23.1 Å². The van der Waals surface area contributed by atoms with Crippen LogP contribution in [0.3, 0.4) is 0 Å². The number of anilines is 1. The van der Waals surface area contributed by atoms with Gasteiger partial charge in [0.05, 0.1) is 19.1 Å². The molecule has 2 heterocycles. The first-order valence-electron chi connectivity index (χ1n) is 6.81. The number of aliphatic hydroxyl groups is 1. The summed E-state index contributed by atoms with van der Waals surface area (Å²) in [6.07, 6.45) is 5.66. The van der Waals surface area contributed by atoms with Gasteiger partial charge in [0.2, 0.25) is 0 Å². The van der Waals surface area contributed by atoms with Crippen molar-refractivity contribution in [1.29, 1.82) is 5.26 Å². The number of aliphatic hydroxyl groups excluding tert-OH is 1. The molecule has 0 saturated heterocycles. The number of hydrogen-bond acceptors (Lipinski definition) is 5. The van der Waals surface area contributed by atoms with Crippen LogP contribution in [0.25, 0.3) is 0 Å². The Hall–Kier alpha value is -2.45. The van der Waals surface area contributed by atoms with Gasteiger partial charge in [0.1, 0.15) is 5.82 Å².